The van der Waals surface area contributed by atoms with E-state index in [1.807, 2.05) is 0 Å². The summed E-state index contributed by atoms with van der Waals surface area (Å²) in [5.74, 6) is -0.395. The number of nitrogens with zero attached hydrogens (tertiary/aromatic N) is 2. The Bertz CT molecular complexity index is 408. The molecule has 0 aromatic carbocycles. The number of hydrogen-bond donors (Lipinski definition) is 3. The minimum atomic E-state index is -1.08. The molecule has 8 heteroatoms. The second-order valence-electron chi connectivity index (χ2n) is 2.41. The van der Waals surface area contributed by atoms with E-state index in [0.717, 1.165) is 0 Å². The van der Waals surface area contributed by atoms with Gasteiger partial charge in [0.2, 0.25) is 5.90 Å². The molecule has 0 radical (unpaired) electrons. The number of anilines is 1. The number of carbonyl (C=O) groups excluding carboxylic acids is 1. The van der Waals surface area contributed by atoms with Crippen molar-refractivity contribution in [2.24, 2.45) is 5.73 Å². The summed E-state index contributed by atoms with van der Waals surface area (Å²) in [6.45, 7) is 0. The molecule has 0 aliphatic carbocycles. The number of nitrogens with two attached hydrogens (primary N) is 2. The van der Waals surface area contributed by atoms with Crippen LogP contribution >= 0.6 is 11.8 Å². The van der Waals surface area contributed by atoms with E-state index in [1.165, 1.54) is 18.0 Å². The summed E-state index contributed by atoms with van der Waals surface area (Å²) in [6.07, 6.45) is 2.02. The van der Waals surface area contributed by atoms with Crippen LogP contribution in [0.15, 0.2) is 11.4 Å². The van der Waals surface area contributed by atoms with Crippen LogP contribution in [0.5, 0.6) is 0 Å². The second-order valence-corrected chi connectivity index (χ2v) is 3.18. The molecule has 0 bridgehead atoms. The Morgan fingerprint density at radius 1 is 1.67 bits per heavy atom. The standard InChI is InChI=1S/C7H9N5O2S/c1-15-7-11-2-3(4(8)12-7)5(9)14-6(10)13/h2,9H,1H3,(H2,10,13)(H2,8,11,12). The van der Waals surface area contributed by atoms with Crippen molar-refractivity contribution in [1.82, 2.24) is 9.97 Å². The summed E-state index contributed by atoms with van der Waals surface area (Å²) in [6, 6.07) is 0. The molecule has 0 saturated heterocycles. The molecule has 1 aromatic rings. The average molecular weight is 227 g/mol. The number of carbonyl (C=O) groups is 1. The van der Waals surface area contributed by atoms with Gasteiger partial charge in [0, 0.05) is 6.20 Å². The predicted molar refractivity (Wildman–Crippen MR) is 55.7 cm³/mol. The quantitative estimate of drug-likeness (QED) is 0.286. The topological polar surface area (TPSA) is 128 Å². The van der Waals surface area contributed by atoms with Crippen molar-refractivity contribution >= 4 is 29.6 Å². The van der Waals surface area contributed by atoms with E-state index in [4.69, 9.17) is 16.9 Å². The number of primary amides is 1. The van der Waals surface area contributed by atoms with E-state index in [9.17, 15) is 4.79 Å². The zero-order chi connectivity index (χ0) is 11.4. The molecule has 0 atom stereocenters. The van der Waals surface area contributed by atoms with E-state index in [1.54, 1.807) is 6.26 Å². The first-order chi connectivity index (χ1) is 7.04. The van der Waals surface area contributed by atoms with Gasteiger partial charge >= 0.3 is 6.09 Å². The smallest absolute Gasteiger partial charge is 0.391 e. The van der Waals surface area contributed by atoms with Gasteiger partial charge in [-0.3, -0.25) is 5.41 Å². The molecule has 1 amide bonds. The number of rotatable bonds is 2. The summed E-state index contributed by atoms with van der Waals surface area (Å²) in [4.78, 5) is 18.2. The molecule has 0 saturated carbocycles. The highest BCUT2D eigenvalue weighted by atomic mass is 32.2. The van der Waals surface area contributed by atoms with Crippen LogP contribution in [0.3, 0.4) is 0 Å². The van der Waals surface area contributed by atoms with Crippen molar-refractivity contribution in [2.75, 3.05) is 12.0 Å². The molecule has 0 fully saturated rings. The molecule has 7 nitrogen and oxygen atoms in total. The van der Waals surface area contributed by atoms with Crippen molar-refractivity contribution in [3.05, 3.63) is 11.8 Å². The van der Waals surface area contributed by atoms with E-state index < -0.39 is 12.0 Å². The number of ether oxygens (including phenoxy) is 1. The summed E-state index contributed by atoms with van der Waals surface area (Å²) < 4.78 is 4.35. The van der Waals surface area contributed by atoms with Gasteiger partial charge in [0.1, 0.15) is 5.82 Å². The Labute approximate surface area is 89.7 Å². The van der Waals surface area contributed by atoms with E-state index in [2.05, 4.69) is 14.7 Å². The van der Waals surface area contributed by atoms with E-state index in [-0.39, 0.29) is 11.4 Å². The minimum Gasteiger partial charge on any atom is -0.391 e. The van der Waals surface area contributed by atoms with Crippen LogP contribution in [0, 0.1) is 5.41 Å². The number of nitrogen functional groups attached to an aromatic ring is 1. The third kappa shape index (κ3) is 2.81. The molecule has 15 heavy (non-hydrogen) atoms. The van der Waals surface area contributed by atoms with Gasteiger partial charge in [0.15, 0.2) is 5.16 Å². The summed E-state index contributed by atoms with van der Waals surface area (Å²) in [5, 5.41) is 7.81. The van der Waals surface area contributed by atoms with Crippen molar-refractivity contribution in [3.63, 3.8) is 0 Å². The van der Waals surface area contributed by atoms with Crippen LogP contribution in [0.4, 0.5) is 10.6 Å². The molecule has 1 rings (SSSR count). The van der Waals surface area contributed by atoms with Crippen LogP contribution in [0.25, 0.3) is 0 Å². The molecule has 0 aliphatic rings. The third-order valence-electron chi connectivity index (χ3n) is 1.43. The SMILES string of the molecule is CSc1ncc(C(=N)OC(N)=O)c(N)n1. The number of thioether (sulfide) groups is 1. The lowest BCUT2D eigenvalue weighted by atomic mass is 10.3. The van der Waals surface area contributed by atoms with Crippen molar-refractivity contribution in [2.45, 2.75) is 5.16 Å². The molecule has 0 unspecified atom stereocenters. The number of hydrogen-bond acceptors (Lipinski definition) is 7. The van der Waals surface area contributed by atoms with Gasteiger partial charge in [-0.2, -0.15) is 0 Å². The van der Waals surface area contributed by atoms with E-state index >= 15 is 0 Å². The molecular formula is C7H9N5O2S. The molecule has 1 aromatic heterocycles. The van der Waals surface area contributed by atoms with Gasteiger partial charge in [-0.05, 0) is 6.26 Å². The largest absolute Gasteiger partial charge is 0.411 e. The maximum Gasteiger partial charge on any atom is 0.411 e. The third-order valence-corrected chi connectivity index (χ3v) is 1.99. The first-order valence-electron chi connectivity index (χ1n) is 3.77. The highest BCUT2D eigenvalue weighted by Gasteiger charge is 2.12. The molecule has 0 aliphatic heterocycles. The molecule has 0 spiro atoms. The van der Waals surface area contributed by atoms with Crippen LogP contribution in [-0.2, 0) is 4.74 Å². The number of aromatic nitrogens is 2. The van der Waals surface area contributed by atoms with Crippen molar-refractivity contribution in [1.29, 1.82) is 5.41 Å². The first-order valence-corrected chi connectivity index (χ1v) is 4.99. The Balaban J connectivity index is 2.95. The van der Waals surface area contributed by atoms with Gasteiger partial charge < -0.3 is 16.2 Å². The number of amides is 1. The average Bonchev–Trinajstić information content (AvgIpc) is 2.16. The van der Waals surface area contributed by atoms with Gasteiger partial charge in [0.25, 0.3) is 0 Å². The zero-order valence-corrected chi connectivity index (χ0v) is 8.67. The summed E-state index contributed by atoms with van der Waals surface area (Å²) >= 11 is 1.31. The highest BCUT2D eigenvalue weighted by Crippen LogP contribution is 2.14. The molecule has 80 valence electrons. The van der Waals surface area contributed by atoms with Gasteiger partial charge in [0.05, 0.1) is 5.56 Å². The van der Waals surface area contributed by atoms with Gasteiger partial charge in [-0.1, -0.05) is 11.8 Å². The Morgan fingerprint density at radius 2 is 2.33 bits per heavy atom. The van der Waals surface area contributed by atoms with Gasteiger partial charge in [-0.15, -0.1) is 0 Å². The second kappa shape index (κ2) is 4.60. The summed E-state index contributed by atoms with van der Waals surface area (Å²) in [7, 11) is 0. The lowest BCUT2D eigenvalue weighted by molar-refractivity contribution is 0.208. The van der Waals surface area contributed by atoms with Crippen molar-refractivity contribution in [3.8, 4) is 0 Å². The zero-order valence-electron chi connectivity index (χ0n) is 7.85. The fourth-order valence-electron chi connectivity index (χ4n) is 0.807. The van der Waals surface area contributed by atoms with Crippen molar-refractivity contribution < 1.29 is 9.53 Å². The maximum atomic E-state index is 10.4. The Morgan fingerprint density at radius 3 is 2.80 bits per heavy atom. The van der Waals surface area contributed by atoms with Crippen LogP contribution < -0.4 is 11.5 Å². The molecule has 1 heterocycles. The van der Waals surface area contributed by atoms with Gasteiger partial charge in [-0.25, -0.2) is 14.8 Å². The fourth-order valence-corrected chi connectivity index (χ4v) is 1.15. The lowest BCUT2D eigenvalue weighted by Crippen LogP contribution is -2.20. The van der Waals surface area contributed by atoms with Crippen LogP contribution in [-0.4, -0.2) is 28.2 Å². The molecule has 5 N–H and O–H groups in total. The number of nitrogens with one attached hydrogen (secondary N) is 1. The van der Waals surface area contributed by atoms with Crippen LogP contribution in [0.2, 0.25) is 0 Å². The monoisotopic (exact) mass is 227 g/mol. The normalized spacial score (nSPS) is 9.67. The van der Waals surface area contributed by atoms with E-state index in [0.29, 0.717) is 5.16 Å². The lowest BCUT2D eigenvalue weighted by Gasteiger charge is -2.05. The highest BCUT2D eigenvalue weighted by molar-refractivity contribution is 7.98. The minimum absolute atomic E-state index is 0.0700. The predicted octanol–water partition coefficient (Wildman–Crippen LogP) is 0.201. The Hall–Kier alpha value is -1.83. The molecular weight excluding hydrogens is 218 g/mol. The summed E-state index contributed by atoms with van der Waals surface area (Å²) in [5.41, 5.74) is 10.4. The first kappa shape index (κ1) is 11.2. The maximum absolute atomic E-state index is 10.4. The Kier molecular flexibility index (Phi) is 3.45. The fraction of sp³-hybridized carbons (Fsp3) is 0.143. The van der Waals surface area contributed by atoms with Crippen LogP contribution in [0.1, 0.15) is 5.56 Å².